The molecule has 0 spiro atoms. The highest BCUT2D eigenvalue weighted by Gasteiger charge is 2.40. The number of Topliss-reactive ketones (excluding diaryl/α,β-unsaturated/α-hetero) is 1. The second-order valence-electron chi connectivity index (χ2n) is 8.03. The molecule has 4 nitrogen and oxygen atoms in total. The van der Waals surface area contributed by atoms with E-state index in [1.54, 1.807) is 0 Å². The van der Waals surface area contributed by atoms with Crippen LogP contribution in [0.5, 0.6) is 17.2 Å². The molecule has 28 heavy (non-hydrogen) atoms. The lowest BCUT2D eigenvalue weighted by Crippen LogP contribution is -2.35. The summed E-state index contributed by atoms with van der Waals surface area (Å²) in [5, 5.41) is 11.2. The lowest BCUT2D eigenvalue weighted by Gasteiger charge is -2.35. The molecular formula is C24H24O4. The zero-order valence-corrected chi connectivity index (χ0v) is 16.6. The van der Waals surface area contributed by atoms with E-state index in [4.69, 9.17) is 9.47 Å². The topological polar surface area (TPSA) is 55.8 Å². The van der Waals surface area contributed by atoms with E-state index in [0.717, 1.165) is 5.56 Å². The minimum absolute atomic E-state index is 0.127. The van der Waals surface area contributed by atoms with E-state index >= 15 is 0 Å². The van der Waals surface area contributed by atoms with E-state index in [-0.39, 0.29) is 29.1 Å². The third-order valence-corrected chi connectivity index (χ3v) is 5.53. The van der Waals surface area contributed by atoms with E-state index in [2.05, 4.69) is 6.58 Å². The van der Waals surface area contributed by atoms with Gasteiger partial charge in [-0.1, -0.05) is 43.8 Å². The van der Waals surface area contributed by atoms with Gasteiger partial charge in [0.15, 0.2) is 5.78 Å². The fraction of sp³-hybridized carbons (Fsp3) is 0.292. The molecule has 2 aromatic rings. The molecule has 0 bridgehead atoms. The van der Waals surface area contributed by atoms with Crippen LogP contribution < -0.4 is 9.47 Å². The summed E-state index contributed by atoms with van der Waals surface area (Å²) in [4.78, 5) is 13.0. The van der Waals surface area contributed by atoms with Crippen molar-refractivity contribution in [2.45, 2.75) is 39.4 Å². The van der Waals surface area contributed by atoms with E-state index in [1.807, 2.05) is 70.2 Å². The Hall–Kier alpha value is -3.01. The smallest absolute Gasteiger partial charge is 0.176 e. The number of fused-ring (bicyclic) bond motifs is 3. The number of rotatable bonds is 2. The first-order valence-electron chi connectivity index (χ1n) is 9.48. The fourth-order valence-corrected chi connectivity index (χ4v) is 3.69. The summed E-state index contributed by atoms with van der Waals surface area (Å²) in [6.07, 6.45) is 3.56. The lowest BCUT2D eigenvalue weighted by molar-refractivity contribution is 0.0720. The predicted octanol–water partition coefficient (Wildman–Crippen LogP) is 5.24. The molecule has 1 N–H and O–H groups in total. The van der Waals surface area contributed by atoms with Gasteiger partial charge in [-0.25, -0.2) is 0 Å². The first-order valence-corrected chi connectivity index (χ1v) is 9.48. The third-order valence-electron chi connectivity index (χ3n) is 5.53. The largest absolute Gasteiger partial charge is 0.506 e. The molecule has 4 rings (SSSR count). The van der Waals surface area contributed by atoms with Crippen LogP contribution in [0.3, 0.4) is 0 Å². The molecule has 2 aliphatic rings. The standard InChI is InChI=1S/C24H24O4/c1-13-15(3)27-22-17-11-12-24(4,5)28-23(17)18(21(26)19(22)20(13)25)14(2)16-9-7-6-8-10-16/h6-13,15,26H,2H2,1,3-5H3/t13-,15-/m1/s1. The highest BCUT2D eigenvalue weighted by molar-refractivity contribution is 6.08. The van der Waals surface area contributed by atoms with Crippen LogP contribution in [0.2, 0.25) is 0 Å². The number of carbonyl (C=O) groups is 1. The summed E-state index contributed by atoms with van der Waals surface area (Å²) in [5.74, 6) is 0.276. The minimum Gasteiger partial charge on any atom is -0.506 e. The number of ketones is 1. The Balaban J connectivity index is 2.03. The Morgan fingerprint density at radius 2 is 1.82 bits per heavy atom. The summed E-state index contributed by atoms with van der Waals surface area (Å²) in [6.45, 7) is 11.8. The number of phenols is 1. The van der Waals surface area contributed by atoms with Crippen molar-refractivity contribution in [1.82, 2.24) is 0 Å². The van der Waals surface area contributed by atoms with Crippen molar-refractivity contribution in [3.05, 3.63) is 65.2 Å². The first kappa shape index (κ1) is 18.4. The van der Waals surface area contributed by atoms with Crippen molar-refractivity contribution < 1.29 is 19.4 Å². The molecule has 0 aromatic heterocycles. The number of benzene rings is 2. The molecule has 4 heteroatoms. The van der Waals surface area contributed by atoms with Gasteiger partial charge < -0.3 is 14.6 Å². The van der Waals surface area contributed by atoms with E-state index in [1.165, 1.54) is 0 Å². The number of hydrogen-bond acceptors (Lipinski definition) is 4. The lowest BCUT2D eigenvalue weighted by atomic mass is 9.84. The number of aromatic hydroxyl groups is 1. The molecule has 0 unspecified atom stereocenters. The van der Waals surface area contributed by atoms with Gasteiger partial charge >= 0.3 is 0 Å². The van der Waals surface area contributed by atoms with Gasteiger partial charge in [-0.2, -0.15) is 0 Å². The summed E-state index contributed by atoms with van der Waals surface area (Å²) < 4.78 is 12.3. The molecule has 0 saturated heterocycles. The first-order chi connectivity index (χ1) is 13.2. The van der Waals surface area contributed by atoms with Crippen LogP contribution in [-0.2, 0) is 0 Å². The zero-order chi connectivity index (χ0) is 20.2. The number of hydrogen-bond donors (Lipinski definition) is 1. The maximum atomic E-state index is 13.0. The second-order valence-corrected chi connectivity index (χ2v) is 8.03. The van der Waals surface area contributed by atoms with Gasteiger partial charge in [0.05, 0.1) is 17.0 Å². The van der Waals surface area contributed by atoms with E-state index in [9.17, 15) is 9.90 Å². The highest BCUT2D eigenvalue weighted by atomic mass is 16.5. The minimum atomic E-state index is -0.559. The van der Waals surface area contributed by atoms with E-state index in [0.29, 0.717) is 28.2 Å². The van der Waals surface area contributed by atoms with Gasteiger partial charge in [0, 0.05) is 0 Å². The molecule has 0 radical (unpaired) electrons. The van der Waals surface area contributed by atoms with Crippen molar-refractivity contribution in [3.8, 4) is 17.2 Å². The Bertz CT molecular complexity index is 1010. The second kappa shape index (κ2) is 6.26. The molecule has 2 atom stereocenters. The zero-order valence-electron chi connectivity index (χ0n) is 16.6. The Kier molecular flexibility index (Phi) is 4.11. The Morgan fingerprint density at radius 1 is 1.14 bits per heavy atom. The fourth-order valence-electron chi connectivity index (χ4n) is 3.69. The quantitative estimate of drug-likeness (QED) is 0.779. The van der Waals surface area contributed by atoms with Crippen LogP contribution in [-0.4, -0.2) is 22.6 Å². The molecule has 2 heterocycles. The van der Waals surface area contributed by atoms with E-state index < -0.39 is 5.60 Å². The molecular weight excluding hydrogens is 352 g/mol. The number of carbonyl (C=O) groups excluding carboxylic acids is 1. The normalized spacial score (nSPS) is 21.9. The SMILES string of the molecule is C=C(c1ccccc1)c1c(O)c2c(c3c1OC(C)(C)C=C3)O[C@H](C)[C@@H](C)C2=O. The Labute approximate surface area is 165 Å². The number of ether oxygens (including phenoxy) is 2. The monoisotopic (exact) mass is 376 g/mol. The molecule has 0 fully saturated rings. The molecule has 0 saturated carbocycles. The van der Waals surface area contributed by atoms with Crippen molar-refractivity contribution in [1.29, 1.82) is 0 Å². The van der Waals surface area contributed by atoms with Crippen LogP contribution >= 0.6 is 0 Å². The van der Waals surface area contributed by atoms with Crippen LogP contribution in [0.15, 0.2) is 43.0 Å². The molecule has 144 valence electrons. The molecule has 2 aliphatic heterocycles. The summed E-state index contributed by atoms with van der Waals surface area (Å²) in [6, 6.07) is 9.57. The van der Waals surface area contributed by atoms with Crippen LogP contribution in [0.4, 0.5) is 0 Å². The summed E-state index contributed by atoms with van der Waals surface area (Å²) >= 11 is 0. The molecule has 0 amide bonds. The highest BCUT2D eigenvalue weighted by Crippen LogP contribution is 2.52. The van der Waals surface area contributed by atoms with Crippen LogP contribution in [0.1, 0.15) is 54.7 Å². The maximum Gasteiger partial charge on any atom is 0.176 e. The van der Waals surface area contributed by atoms with Gasteiger partial charge in [0.2, 0.25) is 0 Å². The predicted molar refractivity (Wildman–Crippen MR) is 110 cm³/mol. The molecule has 2 aromatic carbocycles. The van der Waals surface area contributed by atoms with Gasteiger partial charge in [-0.3, -0.25) is 4.79 Å². The van der Waals surface area contributed by atoms with Crippen molar-refractivity contribution in [2.75, 3.05) is 0 Å². The van der Waals surface area contributed by atoms with Crippen LogP contribution in [0, 0.1) is 5.92 Å². The number of phenolic OH excluding ortho intramolecular Hbond substituents is 1. The van der Waals surface area contributed by atoms with Crippen molar-refractivity contribution in [2.24, 2.45) is 5.92 Å². The average Bonchev–Trinajstić information content (AvgIpc) is 2.65. The summed E-state index contributed by atoms with van der Waals surface area (Å²) in [7, 11) is 0. The average molecular weight is 376 g/mol. The molecule has 0 aliphatic carbocycles. The van der Waals surface area contributed by atoms with Gasteiger partial charge in [0.1, 0.15) is 34.5 Å². The van der Waals surface area contributed by atoms with Gasteiger partial charge in [-0.05, 0) is 44.1 Å². The maximum absolute atomic E-state index is 13.0. The van der Waals surface area contributed by atoms with Crippen molar-refractivity contribution >= 4 is 17.4 Å². The van der Waals surface area contributed by atoms with Crippen molar-refractivity contribution in [3.63, 3.8) is 0 Å². The van der Waals surface area contributed by atoms with Gasteiger partial charge in [-0.15, -0.1) is 0 Å². The third kappa shape index (κ3) is 2.71. The summed E-state index contributed by atoms with van der Waals surface area (Å²) in [5.41, 5.74) is 2.22. The van der Waals surface area contributed by atoms with Crippen LogP contribution in [0.25, 0.3) is 11.6 Å². The Morgan fingerprint density at radius 3 is 2.50 bits per heavy atom. The van der Waals surface area contributed by atoms with Gasteiger partial charge in [0.25, 0.3) is 0 Å².